The van der Waals surface area contributed by atoms with E-state index in [2.05, 4.69) is 26.1 Å². The summed E-state index contributed by atoms with van der Waals surface area (Å²) in [6, 6.07) is 7.85. The SMILES string of the molecule is CC(C)(C)CC(=O)NCc1ccc(OC(C)(C)C)cc1. The van der Waals surface area contributed by atoms with Crippen LogP contribution in [0, 0.1) is 5.41 Å². The highest BCUT2D eigenvalue weighted by Crippen LogP contribution is 2.19. The maximum absolute atomic E-state index is 11.8. The minimum Gasteiger partial charge on any atom is -0.488 e. The number of amides is 1. The molecule has 1 aromatic rings. The Morgan fingerprint density at radius 1 is 1.05 bits per heavy atom. The summed E-state index contributed by atoms with van der Waals surface area (Å²) in [6.07, 6.45) is 0.540. The predicted octanol–water partition coefficient (Wildman–Crippen LogP) is 3.92. The standard InChI is InChI=1S/C17H27NO2/c1-16(2,3)11-15(19)18-12-13-7-9-14(10-8-13)20-17(4,5)6/h7-10H,11-12H2,1-6H3,(H,18,19). The average molecular weight is 277 g/mol. The molecule has 0 bridgehead atoms. The normalized spacial score (nSPS) is 12.1. The fourth-order valence-corrected chi connectivity index (χ4v) is 1.77. The van der Waals surface area contributed by atoms with Gasteiger partial charge in [0.25, 0.3) is 0 Å². The molecule has 0 atom stereocenters. The Hall–Kier alpha value is -1.51. The van der Waals surface area contributed by atoms with Crippen LogP contribution in [0.4, 0.5) is 0 Å². The molecule has 0 fully saturated rings. The second-order valence-electron chi connectivity index (χ2n) is 7.37. The van der Waals surface area contributed by atoms with Crippen molar-refractivity contribution in [3.8, 4) is 5.75 Å². The van der Waals surface area contributed by atoms with Crippen LogP contribution in [0.25, 0.3) is 0 Å². The van der Waals surface area contributed by atoms with Gasteiger partial charge in [-0.05, 0) is 43.9 Å². The molecule has 0 radical (unpaired) electrons. The predicted molar refractivity (Wildman–Crippen MR) is 82.7 cm³/mol. The van der Waals surface area contributed by atoms with E-state index in [9.17, 15) is 4.79 Å². The summed E-state index contributed by atoms with van der Waals surface area (Å²) in [4.78, 5) is 11.8. The minimum atomic E-state index is -0.192. The van der Waals surface area contributed by atoms with Gasteiger partial charge < -0.3 is 10.1 Å². The number of carbonyl (C=O) groups excluding carboxylic acids is 1. The highest BCUT2D eigenvalue weighted by molar-refractivity contribution is 5.76. The molecular weight excluding hydrogens is 250 g/mol. The zero-order valence-electron chi connectivity index (χ0n) is 13.5. The third-order valence-corrected chi connectivity index (χ3v) is 2.53. The Kier molecular flexibility index (Phi) is 5.21. The lowest BCUT2D eigenvalue weighted by Crippen LogP contribution is -2.27. The topological polar surface area (TPSA) is 38.3 Å². The lowest BCUT2D eigenvalue weighted by atomic mass is 9.92. The molecule has 0 aliphatic heterocycles. The molecule has 1 aromatic carbocycles. The van der Waals surface area contributed by atoms with Crippen LogP contribution >= 0.6 is 0 Å². The van der Waals surface area contributed by atoms with Gasteiger partial charge in [-0.15, -0.1) is 0 Å². The van der Waals surface area contributed by atoms with Crippen LogP contribution in [0.1, 0.15) is 53.5 Å². The van der Waals surface area contributed by atoms with Crippen molar-refractivity contribution in [3.05, 3.63) is 29.8 Å². The van der Waals surface area contributed by atoms with Crippen molar-refractivity contribution in [2.45, 2.75) is 60.1 Å². The monoisotopic (exact) mass is 277 g/mol. The van der Waals surface area contributed by atoms with E-state index >= 15 is 0 Å². The van der Waals surface area contributed by atoms with E-state index in [-0.39, 0.29) is 16.9 Å². The van der Waals surface area contributed by atoms with Crippen molar-refractivity contribution in [3.63, 3.8) is 0 Å². The maximum Gasteiger partial charge on any atom is 0.220 e. The van der Waals surface area contributed by atoms with Gasteiger partial charge in [0.05, 0.1) is 0 Å². The van der Waals surface area contributed by atoms with E-state index in [1.54, 1.807) is 0 Å². The van der Waals surface area contributed by atoms with Crippen molar-refractivity contribution in [1.82, 2.24) is 5.32 Å². The van der Waals surface area contributed by atoms with Gasteiger partial charge in [-0.2, -0.15) is 0 Å². The van der Waals surface area contributed by atoms with Crippen molar-refractivity contribution in [1.29, 1.82) is 0 Å². The Morgan fingerprint density at radius 3 is 2.05 bits per heavy atom. The van der Waals surface area contributed by atoms with Crippen molar-refractivity contribution in [2.75, 3.05) is 0 Å². The number of hydrogen-bond donors (Lipinski definition) is 1. The molecule has 0 saturated carbocycles. The van der Waals surface area contributed by atoms with Gasteiger partial charge in [-0.3, -0.25) is 4.79 Å². The molecule has 3 nitrogen and oxygen atoms in total. The summed E-state index contributed by atoms with van der Waals surface area (Å²) in [5.41, 5.74) is 0.908. The van der Waals surface area contributed by atoms with Crippen LogP contribution in [-0.2, 0) is 11.3 Å². The third kappa shape index (κ3) is 7.17. The lowest BCUT2D eigenvalue weighted by Gasteiger charge is -2.21. The first-order valence-corrected chi connectivity index (χ1v) is 7.10. The zero-order chi connectivity index (χ0) is 15.4. The van der Waals surface area contributed by atoms with Crippen LogP contribution < -0.4 is 10.1 Å². The fraction of sp³-hybridized carbons (Fsp3) is 0.588. The molecule has 0 saturated heterocycles. The summed E-state index contributed by atoms with van der Waals surface area (Å²) in [6.45, 7) is 12.8. The number of hydrogen-bond acceptors (Lipinski definition) is 2. The minimum absolute atomic E-state index is 0.0223. The van der Waals surface area contributed by atoms with Crippen LogP contribution in [0.2, 0.25) is 0 Å². The summed E-state index contributed by atoms with van der Waals surface area (Å²) in [5.74, 6) is 0.940. The maximum atomic E-state index is 11.8. The summed E-state index contributed by atoms with van der Waals surface area (Å²) >= 11 is 0. The van der Waals surface area contributed by atoms with E-state index in [4.69, 9.17) is 4.74 Å². The van der Waals surface area contributed by atoms with Gasteiger partial charge in [0, 0.05) is 13.0 Å². The van der Waals surface area contributed by atoms with Gasteiger partial charge in [0.1, 0.15) is 11.4 Å². The molecule has 0 unspecified atom stereocenters. The second-order valence-corrected chi connectivity index (χ2v) is 7.37. The molecular formula is C17H27NO2. The Balaban J connectivity index is 2.48. The number of rotatable bonds is 4. The van der Waals surface area contributed by atoms with Crippen molar-refractivity contribution in [2.24, 2.45) is 5.41 Å². The van der Waals surface area contributed by atoms with E-state index in [0.29, 0.717) is 13.0 Å². The van der Waals surface area contributed by atoms with Gasteiger partial charge >= 0.3 is 0 Å². The van der Waals surface area contributed by atoms with Crippen molar-refractivity contribution < 1.29 is 9.53 Å². The molecule has 1 N–H and O–H groups in total. The van der Waals surface area contributed by atoms with E-state index in [0.717, 1.165) is 11.3 Å². The Bertz CT molecular complexity index is 436. The van der Waals surface area contributed by atoms with Gasteiger partial charge in [-0.25, -0.2) is 0 Å². The molecule has 1 rings (SSSR count). The highest BCUT2D eigenvalue weighted by Gasteiger charge is 2.15. The molecule has 0 aliphatic rings. The first kappa shape index (κ1) is 16.5. The van der Waals surface area contributed by atoms with Gasteiger partial charge in [0.15, 0.2) is 0 Å². The number of nitrogens with one attached hydrogen (secondary N) is 1. The van der Waals surface area contributed by atoms with Crippen LogP contribution in [0.3, 0.4) is 0 Å². The average Bonchev–Trinajstić information content (AvgIpc) is 2.23. The smallest absolute Gasteiger partial charge is 0.220 e. The largest absolute Gasteiger partial charge is 0.488 e. The second kappa shape index (κ2) is 6.29. The summed E-state index contributed by atoms with van der Waals surface area (Å²) in [5, 5.41) is 2.94. The number of carbonyl (C=O) groups is 1. The number of ether oxygens (including phenoxy) is 1. The molecule has 1 amide bonds. The molecule has 3 heteroatoms. The molecule has 0 aromatic heterocycles. The lowest BCUT2D eigenvalue weighted by molar-refractivity contribution is -0.122. The molecule has 0 aliphatic carbocycles. The van der Waals surface area contributed by atoms with E-state index in [1.165, 1.54) is 0 Å². The molecule has 112 valence electrons. The molecule has 0 heterocycles. The van der Waals surface area contributed by atoms with Gasteiger partial charge in [0.2, 0.25) is 5.91 Å². The quantitative estimate of drug-likeness (QED) is 0.906. The highest BCUT2D eigenvalue weighted by atomic mass is 16.5. The Labute approximate surface area is 122 Å². The van der Waals surface area contributed by atoms with Crippen LogP contribution in [0.5, 0.6) is 5.75 Å². The summed E-state index contributed by atoms with van der Waals surface area (Å²) in [7, 11) is 0. The van der Waals surface area contributed by atoms with Crippen LogP contribution in [0.15, 0.2) is 24.3 Å². The van der Waals surface area contributed by atoms with Gasteiger partial charge in [-0.1, -0.05) is 32.9 Å². The molecule has 0 spiro atoms. The first-order chi connectivity index (χ1) is 9.05. The van der Waals surface area contributed by atoms with E-state index in [1.807, 2.05) is 45.0 Å². The van der Waals surface area contributed by atoms with E-state index < -0.39 is 0 Å². The van der Waals surface area contributed by atoms with Crippen molar-refractivity contribution >= 4 is 5.91 Å². The number of benzene rings is 1. The Morgan fingerprint density at radius 2 is 1.60 bits per heavy atom. The zero-order valence-corrected chi connectivity index (χ0v) is 13.5. The first-order valence-electron chi connectivity index (χ1n) is 7.10. The van der Waals surface area contributed by atoms with Crippen LogP contribution in [-0.4, -0.2) is 11.5 Å². The molecule has 20 heavy (non-hydrogen) atoms. The summed E-state index contributed by atoms with van der Waals surface area (Å²) < 4.78 is 5.76. The third-order valence-electron chi connectivity index (χ3n) is 2.53. The fourth-order valence-electron chi connectivity index (χ4n) is 1.77.